The van der Waals surface area contributed by atoms with Crippen LogP contribution in [0.2, 0.25) is 0 Å². The third kappa shape index (κ3) is 2.01. The van der Waals surface area contributed by atoms with Crippen LogP contribution in [0, 0.1) is 0 Å². The summed E-state index contributed by atoms with van der Waals surface area (Å²) < 4.78 is 10.6. The summed E-state index contributed by atoms with van der Waals surface area (Å²) in [5.74, 6) is 0.426. The van der Waals surface area contributed by atoms with Crippen molar-refractivity contribution in [2.45, 2.75) is 12.5 Å². The summed E-state index contributed by atoms with van der Waals surface area (Å²) in [5.41, 5.74) is 5.09. The predicted molar refractivity (Wildman–Crippen MR) is 73.7 cm³/mol. The monoisotopic (exact) mass is 291 g/mol. The van der Waals surface area contributed by atoms with Gasteiger partial charge < -0.3 is 25.4 Å². The molecular weight excluding hydrogens is 274 g/mol. The van der Waals surface area contributed by atoms with E-state index in [-0.39, 0.29) is 19.2 Å². The van der Waals surface area contributed by atoms with Crippen molar-refractivity contribution in [3.8, 4) is 11.5 Å². The highest BCUT2D eigenvalue weighted by molar-refractivity contribution is 5.91. The third-order valence-electron chi connectivity index (χ3n) is 3.99. The first-order chi connectivity index (χ1) is 10.1. The molecule has 2 aliphatic rings. The average molecular weight is 291 g/mol. The number of nitrogens with one attached hydrogen (secondary N) is 1. The van der Waals surface area contributed by atoms with Gasteiger partial charge in [-0.2, -0.15) is 0 Å². The number of nitrogens with two attached hydrogens (primary N) is 1. The molecule has 2 aliphatic heterocycles. The summed E-state index contributed by atoms with van der Waals surface area (Å²) in [6.07, 6.45) is 0. The Morgan fingerprint density at radius 2 is 2.10 bits per heavy atom. The van der Waals surface area contributed by atoms with E-state index in [0.29, 0.717) is 30.2 Å². The van der Waals surface area contributed by atoms with E-state index >= 15 is 0 Å². The Bertz CT molecular complexity index is 604. The Hall–Kier alpha value is -2.28. The van der Waals surface area contributed by atoms with Crippen LogP contribution in [0.5, 0.6) is 11.5 Å². The topological polar surface area (TPSA) is 93.9 Å². The Labute approximate surface area is 122 Å². The van der Waals surface area contributed by atoms with Crippen molar-refractivity contribution in [1.82, 2.24) is 10.2 Å². The number of benzene rings is 1. The van der Waals surface area contributed by atoms with E-state index in [0.717, 1.165) is 0 Å². The van der Waals surface area contributed by atoms with Gasteiger partial charge in [0.15, 0.2) is 17.0 Å². The molecule has 1 fully saturated rings. The molecule has 112 valence electrons. The van der Waals surface area contributed by atoms with Crippen LogP contribution in [0.25, 0.3) is 0 Å². The molecule has 0 bridgehead atoms. The van der Waals surface area contributed by atoms with Crippen molar-refractivity contribution in [2.24, 2.45) is 5.73 Å². The van der Waals surface area contributed by atoms with Gasteiger partial charge in [0.25, 0.3) is 0 Å². The van der Waals surface area contributed by atoms with Gasteiger partial charge in [-0.05, 0) is 17.7 Å². The molecule has 7 nitrogen and oxygen atoms in total. The number of hydrogen-bond acceptors (Lipinski definition) is 5. The highest BCUT2D eigenvalue weighted by atomic mass is 16.7. The van der Waals surface area contributed by atoms with E-state index in [1.54, 1.807) is 18.2 Å². The van der Waals surface area contributed by atoms with Crippen LogP contribution in [0.3, 0.4) is 0 Å². The fraction of sp³-hybridized carbons (Fsp3) is 0.429. The standard InChI is InChI=1S/C14H17N3O4/c1-9(18)17-5-4-16-7-14(17,13(15)19)10-2-3-11-12(6-10)21-8-20-11/h2-3,6,16H,4-5,7-8H2,1H3,(H2,15,19). The van der Waals surface area contributed by atoms with Gasteiger partial charge in [-0.15, -0.1) is 0 Å². The number of amides is 2. The lowest BCUT2D eigenvalue weighted by Gasteiger charge is -2.45. The zero-order valence-corrected chi connectivity index (χ0v) is 11.7. The number of ether oxygens (including phenoxy) is 2. The Kier molecular flexibility index (Phi) is 3.21. The molecule has 1 saturated heterocycles. The van der Waals surface area contributed by atoms with Gasteiger partial charge >= 0.3 is 0 Å². The molecule has 2 amide bonds. The molecule has 0 saturated carbocycles. The molecule has 3 rings (SSSR count). The van der Waals surface area contributed by atoms with Crippen LogP contribution < -0.4 is 20.5 Å². The predicted octanol–water partition coefficient (Wildman–Crippen LogP) is -0.452. The molecule has 0 radical (unpaired) electrons. The summed E-state index contributed by atoms with van der Waals surface area (Å²) in [7, 11) is 0. The number of rotatable bonds is 2. The molecule has 21 heavy (non-hydrogen) atoms. The van der Waals surface area contributed by atoms with Crippen LogP contribution in [0.1, 0.15) is 12.5 Å². The summed E-state index contributed by atoms with van der Waals surface area (Å²) in [6, 6.07) is 5.20. The summed E-state index contributed by atoms with van der Waals surface area (Å²) >= 11 is 0. The molecule has 0 aromatic heterocycles. The first kappa shape index (κ1) is 13.7. The summed E-state index contributed by atoms with van der Waals surface area (Å²) in [4.78, 5) is 25.7. The van der Waals surface area contributed by atoms with E-state index < -0.39 is 11.4 Å². The summed E-state index contributed by atoms with van der Waals surface area (Å²) in [5, 5.41) is 3.14. The smallest absolute Gasteiger partial charge is 0.249 e. The second kappa shape index (κ2) is 4.92. The van der Waals surface area contributed by atoms with Crippen LogP contribution >= 0.6 is 0 Å². The minimum absolute atomic E-state index is 0.150. The van der Waals surface area contributed by atoms with Crippen LogP contribution in [0.15, 0.2) is 18.2 Å². The van der Waals surface area contributed by atoms with Crippen molar-refractivity contribution >= 4 is 11.8 Å². The van der Waals surface area contributed by atoms with Crippen molar-refractivity contribution < 1.29 is 19.1 Å². The van der Waals surface area contributed by atoms with Crippen molar-refractivity contribution in [2.75, 3.05) is 26.4 Å². The summed E-state index contributed by atoms with van der Waals surface area (Å²) in [6.45, 7) is 2.92. The number of fused-ring (bicyclic) bond motifs is 1. The first-order valence-electron chi connectivity index (χ1n) is 6.74. The molecule has 3 N–H and O–H groups in total. The molecular formula is C14H17N3O4. The zero-order valence-electron chi connectivity index (χ0n) is 11.7. The van der Waals surface area contributed by atoms with Gasteiger partial charge in [-0.1, -0.05) is 6.07 Å². The van der Waals surface area contributed by atoms with Crippen LogP contribution in [0.4, 0.5) is 0 Å². The SMILES string of the molecule is CC(=O)N1CCNCC1(C(N)=O)c1ccc2c(c1)OCO2. The Morgan fingerprint density at radius 3 is 2.81 bits per heavy atom. The maximum Gasteiger partial charge on any atom is 0.249 e. The van der Waals surface area contributed by atoms with Gasteiger partial charge in [0.1, 0.15) is 0 Å². The number of carbonyl (C=O) groups is 2. The highest BCUT2D eigenvalue weighted by Gasteiger charge is 2.47. The largest absolute Gasteiger partial charge is 0.454 e. The molecule has 0 aliphatic carbocycles. The molecule has 7 heteroatoms. The van der Waals surface area contributed by atoms with E-state index in [1.807, 2.05) is 0 Å². The van der Waals surface area contributed by atoms with Gasteiger partial charge in [0.05, 0.1) is 0 Å². The first-order valence-corrected chi connectivity index (χ1v) is 6.74. The van der Waals surface area contributed by atoms with Crippen LogP contribution in [-0.2, 0) is 15.1 Å². The molecule has 0 spiro atoms. The molecule has 1 atom stereocenters. The Morgan fingerprint density at radius 1 is 1.33 bits per heavy atom. The lowest BCUT2D eigenvalue weighted by atomic mass is 9.85. The lowest BCUT2D eigenvalue weighted by molar-refractivity contribution is -0.147. The molecule has 1 aromatic rings. The van der Waals surface area contributed by atoms with Crippen molar-refractivity contribution in [3.63, 3.8) is 0 Å². The second-order valence-corrected chi connectivity index (χ2v) is 5.14. The normalized spacial score (nSPS) is 24.0. The maximum atomic E-state index is 12.2. The Balaban J connectivity index is 2.12. The number of nitrogens with zero attached hydrogens (tertiary/aromatic N) is 1. The zero-order chi connectivity index (χ0) is 15.0. The lowest BCUT2D eigenvalue weighted by Crippen LogP contribution is -2.66. The molecule has 1 unspecified atom stereocenters. The van der Waals surface area contributed by atoms with E-state index in [1.165, 1.54) is 11.8 Å². The fourth-order valence-corrected chi connectivity index (χ4v) is 2.95. The van der Waals surface area contributed by atoms with Gasteiger partial charge in [0.2, 0.25) is 18.6 Å². The number of hydrogen-bond donors (Lipinski definition) is 2. The number of primary amides is 1. The highest BCUT2D eigenvalue weighted by Crippen LogP contribution is 2.38. The minimum Gasteiger partial charge on any atom is -0.454 e. The molecule has 2 heterocycles. The maximum absolute atomic E-state index is 12.2. The minimum atomic E-state index is -1.20. The molecule has 1 aromatic carbocycles. The fourth-order valence-electron chi connectivity index (χ4n) is 2.95. The second-order valence-electron chi connectivity index (χ2n) is 5.14. The van der Waals surface area contributed by atoms with E-state index in [9.17, 15) is 9.59 Å². The van der Waals surface area contributed by atoms with Crippen molar-refractivity contribution in [3.05, 3.63) is 23.8 Å². The van der Waals surface area contributed by atoms with Gasteiger partial charge in [0, 0.05) is 26.6 Å². The number of piperazine rings is 1. The quantitative estimate of drug-likeness (QED) is 0.769. The van der Waals surface area contributed by atoms with Gasteiger partial charge in [-0.25, -0.2) is 0 Å². The third-order valence-corrected chi connectivity index (χ3v) is 3.99. The van der Waals surface area contributed by atoms with Gasteiger partial charge in [-0.3, -0.25) is 9.59 Å². The van der Waals surface area contributed by atoms with Crippen LogP contribution in [-0.4, -0.2) is 43.1 Å². The van der Waals surface area contributed by atoms with Crippen molar-refractivity contribution in [1.29, 1.82) is 0 Å². The van der Waals surface area contributed by atoms with E-state index in [2.05, 4.69) is 5.32 Å². The number of carbonyl (C=O) groups excluding carboxylic acids is 2. The average Bonchev–Trinajstić information content (AvgIpc) is 2.94. The van der Waals surface area contributed by atoms with E-state index in [4.69, 9.17) is 15.2 Å².